The van der Waals surface area contributed by atoms with Gasteiger partial charge in [0.25, 0.3) is 0 Å². The Kier molecular flexibility index (Phi) is 6.51. The fraction of sp³-hybridized carbons (Fsp3) is 0.300. The summed E-state index contributed by atoms with van der Waals surface area (Å²) in [6.45, 7) is 0.696. The molecule has 1 saturated heterocycles. The van der Waals surface area contributed by atoms with Gasteiger partial charge in [0, 0.05) is 23.2 Å². The summed E-state index contributed by atoms with van der Waals surface area (Å²) in [5.74, 6) is -1.36. The van der Waals surface area contributed by atoms with Crippen LogP contribution in [0.1, 0.15) is 12.8 Å². The maximum atomic E-state index is 12.6. The second-order valence-electron chi connectivity index (χ2n) is 6.59. The van der Waals surface area contributed by atoms with Gasteiger partial charge >= 0.3 is 0 Å². The van der Waals surface area contributed by atoms with Gasteiger partial charge < -0.3 is 10.2 Å². The van der Waals surface area contributed by atoms with Gasteiger partial charge in [-0.05, 0) is 43.2 Å². The first-order valence-electron chi connectivity index (χ1n) is 9.01. The van der Waals surface area contributed by atoms with Crippen LogP contribution in [0.5, 0.6) is 0 Å². The fourth-order valence-corrected chi connectivity index (χ4v) is 4.89. The SMILES string of the molecule is O=C(NCCCS(=O)(=O)c1ccccc1)C1CCN(c2cccc(Br)c2)C1=O. The van der Waals surface area contributed by atoms with Crippen molar-refractivity contribution in [3.63, 3.8) is 0 Å². The average Bonchev–Trinajstić information content (AvgIpc) is 3.07. The van der Waals surface area contributed by atoms with E-state index in [2.05, 4.69) is 21.2 Å². The van der Waals surface area contributed by atoms with Crippen molar-refractivity contribution in [3.05, 3.63) is 59.1 Å². The highest BCUT2D eigenvalue weighted by Crippen LogP contribution is 2.27. The summed E-state index contributed by atoms with van der Waals surface area (Å²) in [5, 5.41) is 2.70. The lowest BCUT2D eigenvalue weighted by Gasteiger charge is -2.17. The lowest BCUT2D eigenvalue weighted by molar-refractivity contribution is -0.132. The Morgan fingerprint density at radius 3 is 2.61 bits per heavy atom. The number of hydrogen-bond donors (Lipinski definition) is 1. The molecule has 0 saturated carbocycles. The fourth-order valence-electron chi connectivity index (χ4n) is 3.17. The molecule has 1 aliphatic rings. The first kappa shape index (κ1) is 20.5. The topological polar surface area (TPSA) is 83.6 Å². The predicted octanol–water partition coefficient (Wildman–Crippen LogP) is 2.78. The van der Waals surface area contributed by atoms with Crippen molar-refractivity contribution >= 4 is 43.3 Å². The van der Waals surface area contributed by atoms with Gasteiger partial charge in [-0.15, -0.1) is 0 Å². The van der Waals surface area contributed by atoms with Gasteiger partial charge in [-0.3, -0.25) is 9.59 Å². The molecule has 1 aliphatic heterocycles. The molecule has 3 rings (SSSR count). The van der Waals surface area contributed by atoms with Gasteiger partial charge in [0.1, 0.15) is 5.92 Å². The quantitative estimate of drug-likeness (QED) is 0.504. The van der Waals surface area contributed by atoms with E-state index in [9.17, 15) is 18.0 Å². The molecule has 0 spiro atoms. The highest BCUT2D eigenvalue weighted by atomic mass is 79.9. The van der Waals surface area contributed by atoms with E-state index >= 15 is 0 Å². The second kappa shape index (κ2) is 8.87. The maximum Gasteiger partial charge on any atom is 0.239 e. The number of anilines is 1. The second-order valence-corrected chi connectivity index (χ2v) is 9.61. The van der Waals surface area contributed by atoms with Gasteiger partial charge in [0.05, 0.1) is 10.6 Å². The maximum absolute atomic E-state index is 12.6. The lowest BCUT2D eigenvalue weighted by Crippen LogP contribution is -2.37. The molecule has 1 unspecified atom stereocenters. The molecule has 0 radical (unpaired) electrons. The van der Waals surface area contributed by atoms with E-state index < -0.39 is 15.8 Å². The van der Waals surface area contributed by atoms with E-state index in [4.69, 9.17) is 0 Å². The molecule has 2 amide bonds. The molecule has 148 valence electrons. The third-order valence-electron chi connectivity index (χ3n) is 4.63. The molecule has 6 nitrogen and oxygen atoms in total. The van der Waals surface area contributed by atoms with Crippen LogP contribution < -0.4 is 10.2 Å². The van der Waals surface area contributed by atoms with Gasteiger partial charge in [-0.2, -0.15) is 0 Å². The van der Waals surface area contributed by atoms with Gasteiger partial charge in [-0.25, -0.2) is 8.42 Å². The summed E-state index contributed by atoms with van der Waals surface area (Å²) < 4.78 is 25.3. The molecule has 1 fully saturated rings. The summed E-state index contributed by atoms with van der Waals surface area (Å²) >= 11 is 3.38. The first-order chi connectivity index (χ1) is 13.4. The Labute approximate surface area is 173 Å². The summed E-state index contributed by atoms with van der Waals surface area (Å²) in [7, 11) is -3.37. The Bertz CT molecular complexity index is 963. The van der Waals surface area contributed by atoms with E-state index in [0.29, 0.717) is 19.4 Å². The van der Waals surface area contributed by atoms with Crippen LogP contribution in [0.4, 0.5) is 5.69 Å². The van der Waals surface area contributed by atoms with Crippen molar-refractivity contribution in [2.45, 2.75) is 17.7 Å². The molecule has 8 heteroatoms. The van der Waals surface area contributed by atoms with Crippen LogP contribution in [0.25, 0.3) is 0 Å². The Morgan fingerprint density at radius 1 is 1.14 bits per heavy atom. The molecule has 0 aliphatic carbocycles. The number of nitrogens with one attached hydrogen (secondary N) is 1. The highest BCUT2D eigenvalue weighted by molar-refractivity contribution is 9.10. The third-order valence-corrected chi connectivity index (χ3v) is 6.94. The third kappa shape index (κ3) is 4.80. The van der Waals surface area contributed by atoms with Crippen molar-refractivity contribution in [2.75, 3.05) is 23.7 Å². The Hall–Kier alpha value is -2.19. The monoisotopic (exact) mass is 464 g/mol. The zero-order valence-electron chi connectivity index (χ0n) is 15.2. The number of halogens is 1. The van der Waals surface area contributed by atoms with Gasteiger partial charge in [-0.1, -0.05) is 40.2 Å². The summed E-state index contributed by atoms with van der Waals surface area (Å²) in [5.41, 5.74) is 0.753. The molecular weight excluding hydrogens is 444 g/mol. The van der Waals surface area contributed by atoms with E-state index in [1.165, 1.54) is 0 Å². The van der Waals surface area contributed by atoms with Gasteiger partial charge in [0.2, 0.25) is 11.8 Å². The first-order valence-corrected chi connectivity index (χ1v) is 11.5. The van der Waals surface area contributed by atoms with Crippen molar-refractivity contribution in [1.29, 1.82) is 0 Å². The standard InChI is InChI=1S/C20H21BrN2O4S/c21-15-6-4-7-16(14-15)23-12-10-18(20(23)25)19(24)22-11-5-13-28(26,27)17-8-2-1-3-9-17/h1-4,6-9,14,18H,5,10-13H2,(H,22,24). The van der Waals surface area contributed by atoms with Crippen LogP contribution in [0, 0.1) is 5.92 Å². The van der Waals surface area contributed by atoms with E-state index in [-0.39, 0.29) is 29.0 Å². The highest BCUT2D eigenvalue weighted by Gasteiger charge is 2.37. The molecule has 0 bridgehead atoms. The minimum Gasteiger partial charge on any atom is -0.355 e. The van der Waals surface area contributed by atoms with Crippen LogP contribution in [0.3, 0.4) is 0 Å². The molecule has 2 aromatic carbocycles. The molecule has 0 aromatic heterocycles. The molecular formula is C20H21BrN2O4S. The molecule has 1 N–H and O–H groups in total. The Morgan fingerprint density at radius 2 is 1.89 bits per heavy atom. The molecule has 2 aromatic rings. The predicted molar refractivity (Wildman–Crippen MR) is 111 cm³/mol. The zero-order chi connectivity index (χ0) is 20.1. The number of carbonyl (C=O) groups is 2. The van der Waals surface area contributed by atoms with Crippen LogP contribution in [0.2, 0.25) is 0 Å². The smallest absolute Gasteiger partial charge is 0.239 e. The van der Waals surface area contributed by atoms with Crippen molar-refractivity contribution in [1.82, 2.24) is 5.32 Å². The Balaban J connectivity index is 1.50. The number of rotatable bonds is 7. The number of benzene rings is 2. The summed E-state index contributed by atoms with van der Waals surface area (Å²) in [6, 6.07) is 15.6. The molecule has 1 atom stereocenters. The van der Waals surface area contributed by atoms with E-state index in [1.807, 2.05) is 24.3 Å². The van der Waals surface area contributed by atoms with Crippen LogP contribution in [-0.4, -0.2) is 39.1 Å². The van der Waals surface area contributed by atoms with E-state index in [1.54, 1.807) is 35.2 Å². The largest absolute Gasteiger partial charge is 0.355 e. The van der Waals surface area contributed by atoms with E-state index in [0.717, 1.165) is 10.2 Å². The number of sulfone groups is 1. The van der Waals surface area contributed by atoms with Crippen LogP contribution in [-0.2, 0) is 19.4 Å². The number of amides is 2. The summed E-state index contributed by atoms with van der Waals surface area (Å²) in [6.07, 6.45) is 0.735. The van der Waals surface area contributed by atoms with Gasteiger partial charge in [0.15, 0.2) is 9.84 Å². The van der Waals surface area contributed by atoms with Crippen molar-refractivity contribution in [2.24, 2.45) is 5.92 Å². The number of nitrogens with zero attached hydrogens (tertiary/aromatic N) is 1. The minimum absolute atomic E-state index is 0.0555. The van der Waals surface area contributed by atoms with Crippen LogP contribution >= 0.6 is 15.9 Å². The number of carbonyl (C=O) groups excluding carboxylic acids is 2. The normalized spacial score (nSPS) is 17.0. The minimum atomic E-state index is -3.37. The molecule has 1 heterocycles. The van der Waals surface area contributed by atoms with Crippen molar-refractivity contribution < 1.29 is 18.0 Å². The average molecular weight is 465 g/mol. The van der Waals surface area contributed by atoms with Crippen molar-refractivity contribution in [3.8, 4) is 0 Å². The summed E-state index contributed by atoms with van der Waals surface area (Å²) in [4.78, 5) is 26.8. The van der Waals surface area contributed by atoms with Crippen LogP contribution in [0.15, 0.2) is 64.0 Å². The molecule has 28 heavy (non-hydrogen) atoms. The lowest BCUT2D eigenvalue weighted by atomic mass is 10.1. The zero-order valence-corrected chi connectivity index (χ0v) is 17.6. The number of hydrogen-bond acceptors (Lipinski definition) is 4.